The summed E-state index contributed by atoms with van der Waals surface area (Å²) in [6, 6.07) is 4.26. The van der Waals surface area contributed by atoms with Crippen molar-refractivity contribution >= 4 is 29.4 Å². The van der Waals surface area contributed by atoms with Crippen molar-refractivity contribution in [2.45, 2.75) is 90.5 Å². The number of carbonyl (C=O) groups excluding carboxylic acids is 3. The molecular formula is C27H41ClN2O5. The van der Waals surface area contributed by atoms with Gasteiger partial charge >= 0.3 is 5.97 Å². The number of amides is 2. The molecule has 1 aromatic carbocycles. The minimum atomic E-state index is -0.882. The van der Waals surface area contributed by atoms with Gasteiger partial charge in [0.05, 0.1) is 13.0 Å². The van der Waals surface area contributed by atoms with Crippen molar-refractivity contribution in [3.63, 3.8) is 0 Å². The Morgan fingerprint density at radius 3 is 2.37 bits per heavy atom. The SMILES string of the molecule is CCCCCCCCCCCCOC(=O)CC1C(=O)NCCN1C(=O)COc1ccc(Cl)c(C)c1. The van der Waals surface area contributed by atoms with Crippen LogP contribution in [-0.2, 0) is 19.1 Å². The molecule has 2 rings (SSSR count). The molecule has 1 fully saturated rings. The van der Waals surface area contributed by atoms with Crippen LogP contribution in [0.25, 0.3) is 0 Å². The summed E-state index contributed by atoms with van der Waals surface area (Å²) >= 11 is 6.02. The molecule has 0 radical (unpaired) electrons. The fourth-order valence-electron chi connectivity index (χ4n) is 4.14. The fourth-order valence-corrected chi connectivity index (χ4v) is 4.26. The maximum absolute atomic E-state index is 12.8. The van der Waals surface area contributed by atoms with Crippen LogP contribution in [0.4, 0.5) is 0 Å². The smallest absolute Gasteiger partial charge is 0.308 e. The summed E-state index contributed by atoms with van der Waals surface area (Å²) in [5.74, 6) is -0.632. The predicted molar refractivity (Wildman–Crippen MR) is 138 cm³/mol. The minimum absolute atomic E-state index is 0.157. The maximum Gasteiger partial charge on any atom is 0.308 e. The average Bonchev–Trinajstić information content (AvgIpc) is 2.84. The van der Waals surface area contributed by atoms with Gasteiger partial charge in [0.15, 0.2) is 6.61 Å². The van der Waals surface area contributed by atoms with Gasteiger partial charge in [-0.05, 0) is 37.1 Å². The Morgan fingerprint density at radius 2 is 1.71 bits per heavy atom. The van der Waals surface area contributed by atoms with Gasteiger partial charge in [0.25, 0.3) is 5.91 Å². The van der Waals surface area contributed by atoms with E-state index in [1.54, 1.807) is 18.2 Å². The lowest BCUT2D eigenvalue weighted by atomic mass is 10.1. The van der Waals surface area contributed by atoms with E-state index in [4.69, 9.17) is 21.1 Å². The second-order valence-corrected chi connectivity index (χ2v) is 9.61. The standard InChI is InChI=1S/C27H41ClN2O5/c1-3-4-5-6-7-8-9-10-11-12-17-34-26(32)19-24-27(33)29-15-16-30(24)25(31)20-35-22-13-14-23(28)21(2)18-22/h13-14,18,24H,3-12,15-17,19-20H2,1-2H3,(H,29,33). The lowest BCUT2D eigenvalue weighted by Crippen LogP contribution is -2.58. The van der Waals surface area contributed by atoms with Gasteiger partial charge in [0, 0.05) is 18.1 Å². The number of halogens is 1. The van der Waals surface area contributed by atoms with Crippen LogP contribution < -0.4 is 10.1 Å². The molecule has 8 heteroatoms. The van der Waals surface area contributed by atoms with Crippen molar-refractivity contribution in [1.29, 1.82) is 0 Å². The Kier molecular flexibility index (Phi) is 13.6. The molecule has 0 spiro atoms. The molecule has 0 aliphatic carbocycles. The van der Waals surface area contributed by atoms with Gasteiger partial charge in [-0.1, -0.05) is 76.3 Å². The van der Waals surface area contributed by atoms with E-state index in [1.807, 2.05) is 6.92 Å². The molecular weight excluding hydrogens is 468 g/mol. The van der Waals surface area contributed by atoms with Gasteiger partial charge < -0.3 is 19.7 Å². The van der Waals surface area contributed by atoms with Gasteiger partial charge in [-0.15, -0.1) is 0 Å². The molecule has 1 aromatic rings. The second-order valence-electron chi connectivity index (χ2n) is 9.20. The van der Waals surface area contributed by atoms with Gasteiger partial charge in [-0.2, -0.15) is 0 Å². The lowest BCUT2D eigenvalue weighted by Gasteiger charge is -2.34. The zero-order valence-electron chi connectivity index (χ0n) is 21.3. The first-order valence-corrected chi connectivity index (χ1v) is 13.4. The van der Waals surface area contributed by atoms with Crippen LogP contribution in [0.2, 0.25) is 5.02 Å². The third-order valence-corrected chi connectivity index (χ3v) is 6.69. The van der Waals surface area contributed by atoms with Gasteiger partial charge in [-0.25, -0.2) is 0 Å². The van der Waals surface area contributed by atoms with Crippen LogP contribution in [0, 0.1) is 6.92 Å². The monoisotopic (exact) mass is 508 g/mol. The molecule has 2 amide bonds. The van der Waals surface area contributed by atoms with E-state index in [2.05, 4.69) is 12.2 Å². The topological polar surface area (TPSA) is 84.9 Å². The van der Waals surface area contributed by atoms with E-state index in [0.29, 0.717) is 30.5 Å². The molecule has 1 aliphatic rings. The van der Waals surface area contributed by atoms with Crippen LogP contribution >= 0.6 is 11.6 Å². The number of rotatable bonds is 16. The third kappa shape index (κ3) is 10.9. The zero-order valence-corrected chi connectivity index (χ0v) is 22.0. The second kappa shape index (κ2) is 16.4. The predicted octanol–water partition coefficient (Wildman–Crippen LogP) is 5.21. The quantitative estimate of drug-likeness (QED) is 0.245. The molecule has 0 bridgehead atoms. The molecule has 1 saturated heterocycles. The summed E-state index contributed by atoms with van der Waals surface area (Å²) in [7, 11) is 0. The number of hydrogen-bond acceptors (Lipinski definition) is 5. The summed E-state index contributed by atoms with van der Waals surface area (Å²) in [5, 5.41) is 3.34. The maximum atomic E-state index is 12.8. The van der Waals surface area contributed by atoms with Crippen molar-refractivity contribution in [2.75, 3.05) is 26.3 Å². The Morgan fingerprint density at radius 1 is 1.06 bits per heavy atom. The fraction of sp³-hybridized carbons (Fsp3) is 0.667. The molecule has 1 heterocycles. The normalized spacial score (nSPS) is 15.6. The Balaban J connectivity index is 1.67. The van der Waals surface area contributed by atoms with Crippen LogP contribution in [0.3, 0.4) is 0 Å². The average molecular weight is 509 g/mol. The number of aryl methyl sites for hydroxylation is 1. The molecule has 1 unspecified atom stereocenters. The van der Waals surface area contributed by atoms with Crippen LogP contribution in [-0.4, -0.2) is 55.0 Å². The Bertz CT molecular complexity index is 817. The number of piperazine rings is 1. The Labute approximate surface area is 214 Å². The highest BCUT2D eigenvalue weighted by Gasteiger charge is 2.35. The molecule has 0 aromatic heterocycles. The third-order valence-electron chi connectivity index (χ3n) is 6.26. The lowest BCUT2D eigenvalue weighted by molar-refractivity contribution is -0.152. The van der Waals surface area contributed by atoms with Crippen molar-refractivity contribution in [2.24, 2.45) is 0 Å². The van der Waals surface area contributed by atoms with Crippen molar-refractivity contribution < 1.29 is 23.9 Å². The summed E-state index contributed by atoms with van der Waals surface area (Å²) in [6.45, 7) is 4.86. The van der Waals surface area contributed by atoms with E-state index in [1.165, 1.54) is 49.8 Å². The highest BCUT2D eigenvalue weighted by Crippen LogP contribution is 2.21. The first kappa shape index (κ1) is 29.0. The molecule has 196 valence electrons. The number of nitrogens with zero attached hydrogens (tertiary/aromatic N) is 1. The van der Waals surface area contributed by atoms with E-state index < -0.39 is 12.0 Å². The highest BCUT2D eigenvalue weighted by atomic mass is 35.5. The first-order valence-electron chi connectivity index (χ1n) is 13.0. The molecule has 7 nitrogen and oxygen atoms in total. The van der Waals surface area contributed by atoms with E-state index in [0.717, 1.165) is 24.8 Å². The van der Waals surface area contributed by atoms with E-state index >= 15 is 0 Å². The van der Waals surface area contributed by atoms with Gasteiger partial charge in [0.2, 0.25) is 5.91 Å². The van der Waals surface area contributed by atoms with Crippen LogP contribution in [0.5, 0.6) is 5.75 Å². The summed E-state index contributed by atoms with van der Waals surface area (Å²) in [5.41, 5.74) is 0.844. The number of hydrogen-bond donors (Lipinski definition) is 1. The van der Waals surface area contributed by atoms with E-state index in [9.17, 15) is 14.4 Å². The number of unbranched alkanes of at least 4 members (excludes halogenated alkanes) is 9. The summed E-state index contributed by atoms with van der Waals surface area (Å²) in [4.78, 5) is 38.9. The largest absolute Gasteiger partial charge is 0.484 e. The van der Waals surface area contributed by atoms with Gasteiger partial charge in [-0.3, -0.25) is 14.4 Å². The summed E-state index contributed by atoms with van der Waals surface area (Å²) in [6.07, 6.45) is 11.9. The van der Waals surface area contributed by atoms with Crippen LogP contribution in [0.1, 0.15) is 83.1 Å². The Hall–Kier alpha value is -2.28. The molecule has 35 heavy (non-hydrogen) atoms. The molecule has 1 aliphatic heterocycles. The number of esters is 1. The number of carbonyl (C=O) groups is 3. The van der Waals surface area contributed by atoms with Crippen LogP contribution in [0.15, 0.2) is 18.2 Å². The number of nitrogens with one attached hydrogen (secondary N) is 1. The highest BCUT2D eigenvalue weighted by molar-refractivity contribution is 6.31. The number of benzene rings is 1. The van der Waals surface area contributed by atoms with E-state index in [-0.39, 0.29) is 24.8 Å². The zero-order chi connectivity index (χ0) is 25.5. The number of ether oxygens (including phenoxy) is 2. The first-order chi connectivity index (χ1) is 16.9. The molecule has 0 saturated carbocycles. The van der Waals surface area contributed by atoms with Crippen molar-refractivity contribution in [3.8, 4) is 5.75 Å². The molecule has 1 atom stereocenters. The minimum Gasteiger partial charge on any atom is -0.484 e. The van der Waals surface area contributed by atoms with Crippen molar-refractivity contribution in [3.05, 3.63) is 28.8 Å². The summed E-state index contributed by atoms with van der Waals surface area (Å²) < 4.78 is 10.9. The molecule has 1 N–H and O–H groups in total. The van der Waals surface area contributed by atoms with Crippen molar-refractivity contribution in [1.82, 2.24) is 10.2 Å². The van der Waals surface area contributed by atoms with Gasteiger partial charge in [0.1, 0.15) is 11.8 Å².